The summed E-state index contributed by atoms with van der Waals surface area (Å²) in [4.78, 5) is 45.6. The number of hydrogen-bond acceptors (Lipinski definition) is 8. The SMILES string of the molecule is O=C(CCCCCOC(=O)n1c(-c2cscn2)nc2ccccc21)OCC(=O)c1ccc(Br)cc1. The van der Waals surface area contributed by atoms with Crippen LogP contribution >= 0.6 is 27.3 Å². The maximum Gasteiger partial charge on any atom is 0.420 e. The number of hydrogen-bond donors (Lipinski definition) is 0. The van der Waals surface area contributed by atoms with Crippen molar-refractivity contribution < 1.29 is 23.9 Å². The van der Waals surface area contributed by atoms with Gasteiger partial charge >= 0.3 is 12.1 Å². The number of rotatable bonds is 10. The first-order chi connectivity index (χ1) is 17.0. The fourth-order valence-corrected chi connectivity index (χ4v) is 4.21. The molecule has 0 fully saturated rings. The number of carbonyl (C=O) groups excluding carboxylic acids is 3. The molecule has 2 aromatic heterocycles. The van der Waals surface area contributed by atoms with Crippen molar-refractivity contribution in [2.75, 3.05) is 13.2 Å². The van der Waals surface area contributed by atoms with E-state index in [-0.39, 0.29) is 25.4 Å². The average Bonchev–Trinajstić information content (AvgIpc) is 3.53. The summed E-state index contributed by atoms with van der Waals surface area (Å²) in [6.45, 7) is -0.0722. The highest BCUT2D eigenvalue weighted by atomic mass is 79.9. The predicted octanol–water partition coefficient (Wildman–Crippen LogP) is 5.89. The Morgan fingerprint density at radius 1 is 0.971 bits per heavy atom. The number of fused-ring (bicyclic) bond motifs is 1. The second-order valence-electron chi connectivity index (χ2n) is 7.65. The molecule has 2 heterocycles. The quantitative estimate of drug-likeness (QED) is 0.136. The second kappa shape index (κ2) is 11.9. The number of halogens is 1. The van der Waals surface area contributed by atoms with E-state index in [9.17, 15) is 14.4 Å². The van der Waals surface area contributed by atoms with Crippen LogP contribution in [0.2, 0.25) is 0 Å². The molecule has 4 aromatic rings. The number of aromatic nitrogens is 3. The molecule has 0 aliphatic heterocycles. The lowest BCUT2D eigenvalue weighted by molar-refractivity contribution is -0.142. The molecule has 0 amide bonds. The number of carbonyl (C=O) groups is 3. The van der Waals surface area contributed by atoms with Crippen molar-refractivity contribution in [3.8, 4) is 11.5 Å². The Labute approximate surface area is 214 Å². The first-order valence-electron chi connectivity index (χ1n) is 11.0. The molecule has 180 valence electrons. The van der Waals surface area contributed by atoms with E-state index in [4.69, 9.17) is 9.47 Å². The van der Waals surface area contributed by atoms with Crippen LogP contribution in [0.25, 0.3) is 22.6 Å². The van der Waals surface area contributed by atoms with Crippen LogP contribution in [-0.2, 0) is 14.3 Å². The highest BCUT2D eigenvalue weighted by molar-refractivity contribution is 9.10. The Morgan fingerprint density at radius 3 is 2.54 bits per heavy atom. The molecule has 0 bridgehead atoms. The zero-order chi connectivity index (χ0) is 24.6. The van der Waals surface area contributed by atoms with E-state index in [1.54, 1.807) is 29.8 Å². The maximum atomic E-state index is 12.8. The van der Waals surface area contributed by atoms with Gasteiger partial charge in [0.25, 0.3) is 0 Å². The normalized spacial score (nSPS) is 10.9. The molecule has 4 rings (SSSR count). The molecular formula is C25H22BrN3O5S. The van der Waals surface area contributed by atoms with E-state index >= 15 is 0 Å². The summed E-state index contributed by atoms with van der Waals surface area (Å²) in [5.41, 5.74) is 4.13. The van der Waals surface area contributed by atoms with Crippen LogP contribution in [0, 0.1) is 0 Å². The molecule has 0 aliphatic rings. The van der Waals surface area contributed by atoms with E-state index < -0.39 is 12.1 Å². The van der Waals surface area contributed by atoms with Crippen LogP contribution in [0.15, 0.2) is 63.9 Å². The first-order valence-corrected chi connectivity index (χ1v) is 12.7. The molecule has 0 atom stereocenters. The van der Waals surface area contributed by atoms with Crippen molar-refractivity contribution >= 4 is 56.1 Å². The van der Waals surface area contributed by atoms with Crippen molar-refractivity contribution in [2.45, 2.75) is 25.7 Å². The standard InChI is InChI=1S/C25H22BrN3O5S/c26-18-11-9-17(10-12-18)22(30)14-34-23(31)8-2-1-5-13-33-25(32)29-21-7-4-3-6-19(21)28-24(29)20-15-35-16-27-20/h3-4,6-7,9-12,15-16H,1-2,5,8,13-14H2. The van der Waals surface area contributed by atoms with Crippen molar-refractivity contribution in [2.24, 2.45) is 0 Å². The van der Waals surface area contributed by atoms with Gasteiger partial charge in [0.2, 0.25) is 0 Å². The minimum absolute atomic E-state index is 0.196. The number of esters is 1. The number of imidazole rings is 1. The zero-order valence-electron chi connectivity index (χ0n) is 18.7. The number of ether oxygens (including phenoxy) is 2. The third kappa shape index (κ3) is 6.40. The van der Waals surface area contributed by atoms with E-state index in [2.05, 4.69) is 25.9 Å². The Kier molecular flexibility index (Phi) is 8.38. The van der Waals surface area contributed by atoms with Gasteiger partial charge in [-0.1, -0.05) is 40.2 Å². The van der Waals surface area contributed by atoms with Gasteiger partial charge in [-0.2, -0.15) is 0 Å². The predicted molar refractivity (Wildman–Crippen MR) is 135 cm³/mol. The molecule has 0 spiro atoms. The highest BCUT2D eigenvalue weighted by Gasteiger charge is 2.20. The van der Waals surface area contributed by atoms with Crippen molar-refractivity contribution in [3.05, 3.63) is 69.5 Å². The van der Waals surface area contributed by atoms with Crippen LogP contribution < -0.4 is 0 Å². The maximum absolute atomic E-state index is 12.8. The summed E-state index contributed by atoms with van der Waals surface area (Å²) in [5.74, 6) is -0.232. The van der Waals surface area contributed by atoms with Crippen molar-refractivity contribution in [1.29, 1.82) is 0 Å². The molecule has 0 unspecified atom stereocenters. The Balaban J connectivity index is 1.19. The van der Waals surface area contributed by atoms with Crippen LogP contribution in [0.1, 0.15) is 36.0 Å². The van der Waals surface area contributed by atoms with E-state index in [1.807, 2.05) is 29.6 Å². The smallest absolute Gasteiger partial charge is 0.420 e. The lowest BCUT2D eigenvalue weighted by atomic mass is 10.1. The van der Waals surface area contributed by atoms with Crippen molar-refractivity contribution in [1.82, 2.24) is 14.5 Å². The lowest BCUT2D eigenvalue weighted by Crippen LogP contribution is -2.16. The summed E-state index contributed by atoms with van der Waals surface area (Å²) in [6, 6.07) is 14.2. The minimum atomic E-state index is -0.521. The summed E-state index contributed by atoms with van der Waals surface area (Å²) in [7, 11) is 0. The molecule has 0 saturated carbocycles. The first kappa shape index (κ1) is 24.7. The Morgan fingerprint density at radius 2 is 1.77 bits per heavy atom. The van der Waals surface area contributed by atoms with Gasteiger partial charge in [-0.15, -0.1) is 11.3 Å². The number of nitrogens with zero attached hydrogens (tertiary/aromatic N) is 3. The molecule has 0 saturated heterocycles. The second-order valence-corrected chi connectivity index (χ2v) is 9.28. The number of unbranched alkanes of at least 4 members (excludes halogenated alkanes) is 2. The number of Topliss-reactive ketones (excluding diaryl/α,β-unsaturated/α-hetero) is 1. The Hall–Kier alpha value is -3.37. The zero-order valence-corrected chi connectivity index (χ0v) is 21.1. The summed E-state index contributed by atoms with van der Waals surface area (Å²) in [6.07, 6.45) is 1.51. The summed E-state index contributed by atoms with van der Waals surface area (Å²) in [5, 5.41) is 1.83. The molecule has 0 radical (unpaired) electrons. The molecule has 0 N–H and O–H groups in total. The summed E-state index contributed by atoms with van der Waals surface area (Å²) < 4.78 is 12.8. The Bertz CT molecular complexity index is 1320. The van der Waals surface area contributed by atoms with Crippen LogP contribution in [0.5, 0.6) is 0 Å². The lowest BCUT2D eigenvalue weighted by Gasteiger charge is -2.08. The van der Waals surface area contributed by atoms with Gasteiger partial charge in [0, 0.05) is 21.8 Å². The molecule has 35 heavy (non-hydrogen) atoms. The molecule has 10 heteroatoms. The van der Waals surface area contributed by atoms with E-state index in [0.717, 1.165) is 4.47 Å². The van der Waals surface area contributed by atoms with Gasteiger partial charge in [-0.05, 0) is 43.5 Å². The largest absolute Gasteiger partial charge is 0.457 e. The van der Waals surface area contributed by atoms with Gasteiger partial charge in [0.1, 0.15) is 5.69 Å². The van der Waals surface area contributed by atoms with Gasteiger partial charge < -0.3 is 9.47 Å². The average molecular weight is 556 g/mol. The molecule has 8 nitrogen and oxygen atoms in total. The van der Waals surface area contributed by atoms with Gasteiger partial charge in [0.15, 0.2) is 18.2 Å². The fourth-order valence-electron chi connectivity index (χ4n) is 3.42. The number of thiazole rings is 1. The fraction of sp³-hybridized carbons (Fsp3) is 0.240. The number of benzene rings is 2. The minimum Gasteiger partial charge on any atom is -0.457 e. The van der Waals surface area contributed by atoms with Crippen LogP contribution in [0.3, 0.4) is 0 Å². The highest BCUT2D eigenvalue weighted by Crippen LogP contribution is 2.25. The topological polar surface area (TPSA) is 100 Å². The summed E-state index contributed by atoms with van der Waals surface area (Å²) >= 11 is 4.73. The molecular weight excluding hydrogens is 534 g/mol. The molecule has 0 aliphatic carbocycles. The van der Waals surface area contributed by atoms with Crippen molar-refractivity contribution in [3.63, 3.8) is 0 Å². The van der Waals surface area contributed by atoms with E-state index in [0.29, 0.717) is 47.4 Å². The van der Waals surface area contributed by atoms with Gasteiger partial charge in [0.05, 0.1) is 23.2 Å². The van der Waals surface area contributed by atoms with Gasteiger partial charge in [-0.3, -0.25) is 9.59 Å². The van der Waals surface area contributed by atoms with Crippen LogP contribution in [0.4, 0.5) is 4.79 Å². The number of ketones is 1. The monoisotopic (exact) mass is 555 g/mol. The third-order valence-corrected chi connectivity index (χ3v) is 6.30. The van der Waals surface area contributed by atoms with Gasteiger partial charge in [-0.25, -0.2) is 19.3 Å². The third-order valence-electron chi connectivity index (χ3n) is 5.19. The molecule has 2 aromatic carbocycles. The number of para-hydroxylation sites is 2. The van der Waals surface area contributed by atoms with Crippen LogP contribution in [-0.4, -0.2) is 45.6 Å². The van der Waals surface area contributed by atoms with E-state index in [1.165, 1.54) is 15.9 Å².